The lowest BCUT2D eigenvalue weighted by atomic mass is 9.97. The highest BCUT2D eigenvalue weighted by atomic mass is 31.2. The molecule has 0 aliphatic carbocycles. The zero-order valence-electron chi connectivity index (χ0n) is 24.4. The topological polar surface area (TPSA) is 152 Å². The molecule has 0 aromatic heterocycles. The monoisotopic (exact) mass is 575 g/mol. The molecule has 1 aliphatic heterocycles. The third-order valence-corrected chi connectivity index (χ3v) is 10.1. The summed E-state index contributed by atoms with van der Waals surface area (Å²) in [7, 11) is -1.79. The average molecular weight is 576 g/mol. The summed E-state index contributed by atoms with van der Waals surface area (Å²) in [5.41, 5.74) is 0. The lowest BCUT2D eigenvalue weighted by Gasteiger charge is -2.42. The molecule has 12 nitrogen and oxygen atoms in total. The van der Waals surface area contributed by atoms with Gasteiger partial charge < -0.3 is 23.7 Å². The number of nitrogens with zero attached hydrogens (tertiary/aromatic N) is 3. The normalized spacial score (nSPS) is 23.2. The molecule has 0 bridgehead atoms. The van der Waals surface area contributed by atoms with Gasteiger partial charge in [0.25, 0.3) is 0 Å². The predicted octanol–water partition coefficient (Wildman–Crippen LogP) is 5.04. The van der Waals surface area contributed by atoms with Gasteiger partial charge in [0, 0.05) is 34.7 Å². The number of hydrogen-bond donors (Lipinski definition) is 0. The second kappa shape index (κ2) is 18.1. The van der Waals surface area contributed by atoms with Gasteiger partial charge in [0.1, 0.15) is 12.7 Å². The maximum atomic E-state index is 12.0. The van der Waals surface area contributed by atoms with Gasteiger partial charge in [0.15, 0.2) is 18.3 Å². The minimum Gasteiger partial charge on any atom is -0.463 e. The van der Waals surface area contributed by atoms with Gasteiger partial charge in [-0.05, 0) is 43.0 Å². The molecule has 0 radical (unpaired) electrons. The largest absolute Gasteiger partial charge is 0.463 e. The molecule has 5 atom stereocenters. The van der Waals surface area contributed by atoms with Gasteiger partial charge in [-0.15, -0.1) is 5.11 Å². The highest BCUT2D eigenvalue weighted by molar-refractivity contribution is 7.66. The zero-order chi connectivity index (χ0) is 29.4. The van der Waals surface area contributed by atoms with Crippen molar-refractivity contribution in [2.75, 3.05) is 25.1 Å². The van der Waals surface area contributed by atoms with Crippen LogP contribution in [-0.2, 0) is 42.9 Å². The van der Waals surface area contributed by atoms with Gasteiger partial charge in [0.2, 0.25) is 6.23 Å². The fourth-order valence-corrected chi connectivity index (χ4v) is 8.15. The Bertz CT molecular complexity index is 867. The Morgan fingerprint density at radius 3 is 1.59 bits per heavy atom. The first-order valence-corrected chi connectivity index (χ1v) is 16.1. The number of carbonyl (C=O) groups is 4. The van der Waals surface area contributed by atoms with Crippen LogP contribution in [0.5, 0.6) is 0 Å². The van der Waals surface area contributed by atoms with Gasteiger partial charge in [-0.1, -0.05) is 40.0 Å². The molecule has 0 spiro atoms. The Hall–Kier alpha value is -2.33. The minimum absolute atomic E-state index is 0.318. The molecule has 1 rings (SSSR count). The van der Waals surface area contributed by atoms with Crippen LogP contribution in [0.15, 0.2) is 15.2 Å². The van der Waals surface area contributed by atoms with Crippen LogP contribution in [0.3, 0.4) is 0 Å². The van der Waals surface area contributed by atoms with Gasteiger partial charge in [-0.25, -0.2) is 0 Å². The molecule has 0 N–H and O–H groups in total. The molecule has 1 heterocycles. The SMILES string of the molecule is CCCCP(CCCC)(CCCC)=N/N=N/[C@@H]1O[C@H](COC(C)=O)[C@@H](OC(C)=O)[C@H](OC(C)=O)[C@H]1OC(C)=O. The lowest BCUT2D eigenvalue weighted by molar-refractivity contribution is -0.252. The van der Waals surface area contributed by atoms with Gasteiger partial charge in [-0.2, -0.15) is 4.85 Å². The number of ether oxygens (including phenoxy) is 5. The molecule has 0 aromatic rings. The van der Waals surface area contributed by atoms with E-state index in [4.69, 9.17) is 28.5 Å². The first kappa shape index (κ1) is 34.7. The Kier molecular flexibility index (Phi) is 16.1. The summed E-state index contributed by atoms with van der Waals surface area (Å²) in [4.78, 5) is 52.2. The van der Waals surface area contributed by atoms with Crippen molar-refractivity contribution in [3.63, 3.8) is 0 Å². The fourth-order valence-electron chi connectivity index (χ4n) is 4.28. The van der Waals surface area contributed by atoms with E-state index in [0.717, 1.165) is 57.0 Å². The van der Waals surface area contributed by atoms with E-state index in [-0.39, 0.29) is 6.61 Å². The standard InChI is InChI=1S/C26H46N3O9P/c1-8-11-14-39(15-12-9-2,16-13-10-3)29-28-27-26-25(37-21(7)33)24(36-20(6)32)23(35-19(5)31)22(38-26)17-34-18(4)30/h22-26H,8-17H2,1-7H3/b28-27+/t22-,23-,24+,25-,26-/m1/s1. The van der Waals surface area contributed by atoms with Crippen molar-refractivity contribution in [2.24, 2.45) is 15.2 Å². The molecule has 13 heteroatoms. The molecular formula is C26H46N3O9P. The Morgan fingerprint density at radius 1 is 0.692 bits per heavy atom. The first-order chi connectivity index (χ1) is 18.5. The Labute approximate surface area is 231 Å². The van der Waals surface area contributed by atoms with Gasteiger partial charge in [-0.3, -0.25) is 19.2 Å². The van der Waals surface area contributed by atoms with Crippen LogP contribution in [0.1, 0.15) is 87.0 Å². The quantitative estimate of drug-likeness (QED) is 0.0810. The van der Waals surface area contributed by atoms with E-state index in [9.17, 15) is 19.2 Å². The molecule has 1 fully saturated rings. The van der Waals surface area contributed by atoms with E-state index >= 15 is 0 Å². The van der Waals surface area contributed by atoms with E-state index in [1.54, 1.807) is 0 Å². The number of esters is 4. The van der Waals surface area contributed by atoms with Crippen molar-refractivity contribution in [1.29, 1.82) is 0 Å². The molecule has 0 unspecified atom stereocenters. The summed E-state index contributed by atoms with van der Waals surface area (Å²) >= 11 is 0. The fraction of sp³-hybridized carbons (Fsp3) is 0.846. The maximum Gasteiger partial charge on any atom is 0.303 e. The Morgan fingerprint density at radius 2 is 1.15 bits per heavy atom. The van der Waals surface area contributed by atoms with Crippen molar-refractivity contribution in [3.8, 4) is 0 Å². The van der Waals surface area contributed by atoms with Crippen LogP contribution in [-0.4, -0.2) is 79.6 Å². The minimum atomic E-state index is -1.79. The van der Waals surface area contributed by atoms with Crippen LogP contribution in [0.25, 0.3) is 0 Å². The molecular weight excluding hydrogens is 529 g/mol. The van der Waals surface area contributed by atoms with E-state index in [1.807, 2.05) is 0 Å². The van der Waals surface area contributed by atoms with E-state index in [2.05, 4.69) is 31.1 Å². The molecule has 39 heavy (non-hydrogen) atoms. The van der Waals surface area contributed by atoms with Crippen molar-refractivity contribution >= 4 is 30.9 Å². The van der Waals surface area contributed by atoms with Crippen LogP contribution >= 0.6 is 7.05 Å². The summed E-state index contributed by atoms with van der Waals surface area (Å²) in [6, 6.07) is 0. The number of hydrogen-bond acceptors (Lipinski definition) is 10. The summed E-state index contributed by atoms with van der Waals surface area (Å²) < 4.78 is 27.4. The van der Waals surface area contributed by atoms with Crippen LogP contribution < -0.4 is 0 Å². The third kappa shape index (κ3) is 12.6. The zero-order valence-corrected chi connectivity index (χ0v) is 25.3. The van der Waals surface area contributed by atoms with E-state index in [0.29, 0.717) is 0 Å². The summed E-state index contributed by atoms with van der Waals surface area (Å²) in [5.74, 6) is -2.67. The Balaban J connectivity index is 3.55. The molecule has 1 aliphatic rings. The third-order valence-electron chi connectivity index (χ3n) is 6.15. The van der Waals surface area contributed by atoms with Crippen LogP contribution in [0, 0.1) is 0 Å². The second-order valence-electron chi connectivity index (χ2n) is 9.71. The molecule has 1 saturated heterocycles. The summed E-state index contributed by atoms with van der Waals surface area (Å²) in [6.07, 6.45) is 3.07. The first-order valence-electron chi connectivity index (χ1n) is 13.8. The number of rotatable bonds is 16. The van der Waals surface area contributed by atoms with E-state index in [1.165, 1.54) is 27.7 Å². The van der Waals surface area contributed by atoms with E-state index < -0.39 is 61.6 Å². The summed E-state index contributed by atoms with van der Waals surface area (Å²) in [5, 5.41) is 8.53. The lowest BCUT2D eigenvalue weighted by Crippen LogP contribution is -2.61. The van der Waals surface area contributed by atoms with Crippen LogP contribution in [0.2, 0.25) is 0 Å². The second-order valence-corrected chi connectivity index (χ2v) is 13.4. The summed E-state index contributed by atoms with van der Waals surface area (Å²) in [6.45, 7) is 10.9. The van der Waals surface area contributed by atoms with Crippen molar-refractivity contribution < 1.29 is 42.9 Å². The molecule has 224 valence electrons. The number of unbranched alkanes of at least 4 members (excludes halogenated alkanes) is 3. The molecule has 0 saturated carbocycles. The highest BCUT2D eigenvalue weighted by Crippen LogP contribution is 2.52. The van der Waals surface area contributed by atoms with Crippen molar-refractivity contribution in [2.45, 2.75) is 118 Å². The smallest absolute Gasteiger partial charge is 0.303 e. The van der Waals surface area contributed by atoms with Gasteiger partial charge in [0.05, 0.1) is 0 Å². The van der Waals surface area contributed by atoms with Gasteiger partial charge >= 0.3 is 23.9 Å². The highest BCUT2D eigenvalue weighted by Gasteiger charge is 2.52. The van der Waals surface area contributed by atoms with Crippen molar-refractivity contribution in [1.82, 2.24) is 0 Å². The number of carbonyl (C=O) groups excluding carboxylic acids is 4. The molecule has 0 aromatic carbocycles. The average Bonchev–Trinajstić information content (AvgIpc) is 2.86. The maximum absolute atomic E-state index is 12.0. The molecule has 0 amide bonds. The van der Waals surface area contributed by atoms with Crippen LogP contribution in [0.4, 0.5) is 0 Å². The van der Waals surface area contributed by atoms with Crippen molar-refractivity contribution in [3.05, 3.63) is 0 Å². The predicted molar refractivity (Wildman–Crippen MR) is 145 cm³/mol.